The first-order chi connectivity index (χ1) is 4.33. The first-order valence-corrected chi connectivity index (χ1v) is 2.78. The summed E-state index contributed by atoms with van der Waals surface area (Å²) in [5, 5.41) is 8.59. The van der Waals surface area contributed by atoms with Crippen LogP contribution in [0.4, 0.5) is 0 Å². The van der Waals surface area contributed by atoms with Crippen LogP contribution in [0.3, 0.4) is 0 Å². The highest BCUT2D eigenvalue weighted by molar-refractivity contribution is 5.23. The van der Waals surface area contributed by atoms with Gasteiger partial charge in [0, 0.05) is 0 Å². The molecule has 0 aliphatic heterocycles. The van der Waals surface area contributed by atoms with Gasteiger partial charge in [0.1, 0.15) is 0 Å². The van der Waals surface area contributed by atoms with Gasteiger partial charge in [0.05, 0.1) is 6.61 Å². The standard InChI is InChI=1S/C8H8O/c1-7-2-4-8(6-9)5-3-7/h1-5,9H,6H2. The van der Waals surface area contributed by atoms with Crippen molar-refractivity contribution in [1.29, 1.82) is 0 Å². The molecule has 1 aromatic carbocycles. The molecule has 0 saturated heterocycles. The third kappa shape index (κ3) is 1.54. The van der Waals surface area contributed by atoms with E-state index in [1.165, 1.54) is 0 Å². The Morgan fingerprint density at radius 1 is 1.22 bits per heavy atom. The lowest BCUT2D eigenvalue weighted by Crippen LogP contribution is -1.80. The monoisotopic (exact) mass is 120 g/mol. The zero-order chi connectivity index (χ0) is 6.69. The number of aliphatic hydroxyl groups excluding tert-OH is 1. The SMILES string of the molecule is [CH]c1ccc(CO)cc1. The summed E-state index contributed by atoms with van der Waals surface area (Å²) in [6.07, 6.45) is 0. The minimum absolute atomic E-state index is 0.0836. The van der Waals surface area contributed by atoms with Crippen molar-refractivity contribution >= 4 is 0 Å². The Morgan fingerprint density at radius 2 is 1.78 bits per heavy atom. The minimum Gasteiger partial charge on any atom is -0.392 e. The van der Waals surface area contributed by atoms with Crippen LogP contribution in [0.1, 0.15) is 11.1 Å². The quantitative estimate of drug-likeness (QED) is 0.591. The van der Waals surface area contributed by atoms with Crippen LogP contribution in [-0.4, -0.2) is 5.11 Å². The topological polar surface area (TPSA) is 20.2 Å². The maximum atomic E-state index is 8.59. The van der Waals surface area contributed by atoms with Crippen LogP contribution in [0.2, 0.25) is 0 Å². The lowest BCUT2D eigenvalue weighted by molar-refractivity contribution is 0.282. The fourth-order valence-electron chi connectivity index (χ4n) is 0.623. The zero-order valence-corrected chi connectivity index (χ0v) is 5.04. The third-order valence-electron chi connectivity index (χ3n) is 1.16. The molecule has 0 fully saturated rings. The lowest BCUT2D eigenvalue weighted by Gasteiger charge is -1.93. The van der Waals surface area contributed by atoms with Crippen molar-refractivity contribution in [1.82, 2.24) is 0 Å². The van der Waals surface area contributed by atoms with E-state index in [4.69, 9.17) is 12.0 Å². The molecule has 0 bridgehead atoms. The molecule has 0 unspecified atom stereocenters. The Hall–Kier alpha value is -0.820. The molecule has 0 spiro atoms. The van der Waals surface area contributed by atoms with Gasteiger partial charge >= 0.3 is 0 Å². The second-order valence-corrected chi connectivity index (χ2v) is 1.90. The Kier molecular flexibility index (Phi) is 1.85. The summed E-state index contributed by atoms with van der Waals surface area (Å²) in [4.78, 5) is 0. The van der Waals surface area contributed by atoms with Crippen molar-refractivity contribution in [2.45, 2.75) is 6.61 Å². The summed E-state index contributed by atoms with van der Waals surface area (Å²) in [5.41, 5.74) is 1.62. The van der Waals surface area contributed by atoms with Gasteiger partial charge in [-0.15, -0.1) is 0 Å². The van der Waals surface area contributed by atoms with Gasteiger partial charge in [0.15, 0.2) is 0 Å². The molecule has 0 saturated carbocycles. The van der Waals surface area contributed by atoms with E-state index in [1.807, 2.05) is 0 Å². The molecular formula is C8H8O. The van der Waals surface area contributed by atoms with Crippen LogP contribution in [-0.2, 0) is 6.61 Å². The summed E-state index contributed by atoms with van der Waals surface area (Å²) in [6.45, 7) is 5.48. The summed E-state index contributed by atoms with van der Waals surface area (Å²) in [7, 11) is 0. The normalized spacial score (nSPS) is 9.56. The van der Waals surface area contributed by atoms with Gasteiger partial charge in [0.25, 0.3) is 0 Å². The van der Waals surface area contributed by atoms with Crippen LogP contribution in [0.5, 0.6) is 0 Å². The van der Waals surface area contributed by atoms with Gasteiger partial charge in [-0.05, 0) is 18.1 Å². The number of hydrogen-bond donors (Lipinski definition) is 1. The van der Waals surface area contributed by atoms with E-state index >= 15 is 0 Å². The molecule has 9 heavy (non-hydrogen) atoms. The smallest absolute Gasteiger partial charge is 0.0681 e. The molecule has 0 aliphatic rings. The number of hydrogen-bond acceptors (Lipinski definition) is 1. The van der Waals surface area contributed by atoms with E-state index in [1.54, 1.807) is 24.3 Å². The maximum absolute atomic E-state index is 8.59. The summed E-state index contributed by atoms with van der Waals surface area (Å²) in [5.74, 6) is 0. The maximum Gasteiger partial charge on any atom is 0.0681 e. The molecule has 2 radical (unpaired) electrons. The molecule has 0 aromatic heterocycles. The highest BCUT2D eigenvalue weighted by Crippen LogP contribution is 2.01. The first-order valence-electron chi connectivity index (χ1n) is 2.78. The lowest BCUT2D eigenvalue weighted by atomic mass is 10.2. The van der Waals surface area contributed by atoms with Crippen molar-refractivity contribution in [3.63, 3.8) is 0 Å². The molecule has 0 amide bonds. The van der Waals surface area contributed by atoms with Gasteiger partial charge in [-0.1, -0.05) is 24.3 Å². The average molecular weight is 120 g/mol. The molecule has 46 valence electrons. The Bertz CT molecular complexity index is 176. The molecule has 1 rings (SSSR count). The van der Waals surface area contributed by atoms with Gasteiger partial charge in [0.2, 0.25) is 0 Å². The zero-order valence-electron chi connectivity index (χ0n) is 5.04. The minimum atomic E-state index is 0.0836. The van der Waals surface area contributed by atoms with Gasteiger partial charge < -0.3 is 5.11 Å². The van der Waals surface area contributed by atoms with Crippen molar-refractivity contribution in [3.8, 4) is 0 Å². The van der Waals surface area contributed by atoms with E-state index in [0.717, 1.165) is 11.1 Å². The van der Waals surface area contributed by atoms with Crippen LogP contribution < -0.4 is 0 Å². The van der Waals surface area contributed by atoms with Crippen LogP contribution in [0.15, 0.2) is 24.3 Å². The van der Waals surface area contributed by atoms with Gasteiger partial charge in [-0.25, -0.2) is 0 Å². The molecule has 1 nitrogen and oxygen atoms in total. The van der Waals surface area contributed by atoms with E-state index in [-0.39, 0.29) is 6.61 Å². The first kappa shape index (κ1) is 6.30. The second kappa shape index (κ2) is 2.65. The average Bonchev–Trinajstić information content (AvgIpc) is 1.90. The Labute approximate surface area is 55.0 Å². The molecular weight excluding hydrogens is 112 g/mol. The van der Waals surface area contributed by atoms with Gasteiger partial charge in [-0.3, -0.25) is 0 Å². The van der Waals surface area contributed by atoms with E-state index in [9.17, 15) is 0 Å². The summed E-state index contributed by atoms with van der Waals surface area (Å²) < 4.78 is 0. The largest absolute Gasteiger partial charge is 0.392 e. The highest BCUT2D eigenvalue weighted by Gasteiger charge is 1.86. The van der Waals surface area contributed by atoms with Crippen LogP contribution >= 0.6 is 0 Å². The number of aliphatic hydroxyl groups is 1. The fraction of sp³-hybridized carbons (Fsp3) is 0.125. The number of benzene rings is 1. The van der Waals surface area contributed by atoms with Crippen molar-refractivity contribution in [2.24, 2.45) is 0 Å². The van der Waals surface area contributed by atoms with Crippen molar-refractivity contribution in [2.75, 3.05) is 0 Å². The van der Waals surface area contributed by atoms with Crippen LogP contribution in [0, 0.1) is 6.92 Å². The molecule has 0 heterocycles. The van der Waals surface area contributed by atoms with E-state index in [2.05, 4.69) is 0 Å². The predicted molar refractivity (Wildman–Crippen MR) is 35.8 cm³/mol. The molecule has 0 atom stereocenters. The predicted octanol–water partition coefficient (Wildman–Crippen LogP) is 1.24. The Balaban J connectivity index is 2.88. The Morgan fingerprint density at radius 3 is 2.22 bits per heavy atom. The third-order valence-corrected chi connectivity index (χ3v) is 1.16. The molecule has 1 heteroatoms. The van der Waals surface area contributed by atoms with Crippen LogP contribution in [0.25, 0.3) is 0 Å². The van der Waals surface area contributed by atoms with Gasteiger partial charge in [-0.2, -0.15) is 0 Å². The van der Waals surface area contributed by atoms with Crippen molar-refractivity contribution in [3.05, 3.63) is 42.3 Å². The molecule has 1 N–H and O–H groups in total. The summed E-state index contributed by atoms with van der Waals surface area (Å²) in [6, 6.07) is 7.14. The summed E-state index contributed by atoms with van der Waals surface area (Å²) >= 11 is 0. The number of rotatable bonds is 1. The molecule has 1 aromatic rings. The fourth-order valence-corrected chi connectivity index (χ4v) is 0.623. The van der Waals surface area contributed by atoms with E-state index < -0.39 is 0 Å². The van der Waals surface area contributed by atoms with E-state index in [0.29, 0.717) is 0 Å². The highest BCUT2D eigenvalue weighted by atomic mass is 16.3. The van der Waals surface area contributed by atoms with Crippen molar-refractivity contribution < 1.29 is 5.11 Å². The molecule has 0 aliphatic carbocycles. The second-order valence-electron chi connectivity index (χ2n) is 1.90.